The fourth-order valence-electron chi connectivity index (χ4n) is 0.963. The Morgan fingerprint density at radius 2 is 1.29 bits per heavy atom. The molecule has 0 aromatic carbocycles. The van der Waals surface area contributed by atoms with Gasteiger partial charge in [0.25, 0.3) is 0 Å². The number of esters is 1. The van der Waals surface area contributed by atoms with Gasteiger partial charge in [-0.2, -0.15) is 48.3 Å². The Morgan fingerprint density at radius 3 is 1.58 bits per heavy atom. The molecule has 3 nitrogen and oxygen atoms in total. The van der Waals surface area contributed by atoms with Crippen LogP contribution in [0.5, 0.6) is 0 Å². The summed E-state index contributed by atoms with van der Waals surface area (Å²) in [6.07, 6.45) is -22.7. The topological polar surface area (TPSA) is 35.5 Å². The first-order valence-electron chi connectivity index (χ1n) is 5.82. The van der Waals surface area contributed by atoms with Crippen molar-refractivity contribution in [3.63, 3.8) is 0 Å². The second-order valence-electron chi connectivity index (χ2n) is 4.41. The van der Waals surface area contributed by atoms with E-state index >= 15 is 0 Å². The van der Waals surface area contributed by atoms with Crippen molar-refractivity contribution in [2.45, 2.75) is 56.6 Å². The minimum Gasteiger partial charge on any atom is -0.458 e. The van der Waals surface area contributed by atoms with E-state index in [0.29, 0.717) is 0 Å². The van der Waals surface area contributed by atoms with Gasteiger partial charge in [-0.25, -0.2) is 4.79 Å². The van der Waals surface area contributed by atoms with E-state index in [1.807, 2.05) is 4.74 Å². The molecule has 0 spiro atoms. The third kappa shape index (κ3) is 4.19. The fourth-order valence-corrected chi connectivity index (χ4v) is 0.963. The number of carbonyl (C=O) groups is 1. The molecule has 0 unspecified atom stereocenters. The van der Waals surface area contributed by atoms with E-state index in [2.05, 4.69) is 4.74 Å². The molecule has 0 aromatic heterocycles. The second-order valence-corrected chi connectivity index (χ2v) is 4.41. The summed E-state index contributed by atoms with van der Waals surface area (Å²) in [5.74, 6) is -16.7. The first-order chi connectivity index (χ1) is 10.3. The van der Waals surface area contributed by atoms with Crippen LogP contribution in [-0.2, 0) is 14.3 Å². The van der Waals surface area contributed by atoms with Gasteiger partial charge in [-0.05, 0) is 13.3 Å². The predicted molar refractivity (Wildman–Crippen MR) is 52.8 cm³/mol. The molecule has 0 aliphatic rings. The van der Waals surface area contributed by atoms with Gasteiger partial charge in [-0.3, -0.25) is 4.74 Å². The van der Waals surface area contributed by atoms with E-state index < -0.39 is 42.3 Å². The Labute approximate surface area is 126 Å². The number of carbonyl (C=O) groups excluding carboxylic acids is 1. The number of halogens is 11. The van der Waals surface area contributed by atoms with E-state index in [1.165, 1.54) is 6.92 Å². The van der Waals surface area contributed by atoms with Gasteiger partial charge in [0.2, 0.25) is 0 Å². The van der Waals surface area contributed by atoms with Crippen LogP contribution in [0.4, 0.5) is 48.3 Å². The van der Waals surface area contributed by atoms with Crippen LogP contribution in [0, 0.1) is 0 Å². The van der Waals surface area contributed by atoms with Crippen molar-refractivity contribution in [2.24, 2.45) is 0 Å². The van der Waals surface area contributed by atoms with Crippen molar-refractivity contribution in [3.8, 4) is 0 Å². The summed E-state index contributed by atoms with van der Waals surface area (Å²) in [6, 6.07) is 0. The van der Waals surface area contributed by atoms with E-state index in [0.717, 1.165) is 6.92 Å². The molecule has 0 aliphatic carbocycles. The van der Waals surface area contributed by atoms with E-state index in [-0.39, 0.29) is 6.42 Å². The molecule has 0 aliphatic heterocycles. The molecular formula is C10H9F11O3. The summed E-state index contributed by atoms with van der Waals surface area (Å²) >= 11 is 0. The minimum atomic E-state index is -7.22. The van der Waals surface area contributed by atoms with Crippen molar-refractivity contribution >= 4 is 5.97 Å². The third-order valence-electron chi connectivity index (χ3n) is 2.50. The van der Waals surface area contributed by atoms with E-state index in [9.17, 15) is 53.1 Å². The average molecular weight is 386 g/mol. The fraction of sp³-hybridized carbons (Fsp3) is 0.900. The van der Waals surface area contributed by atoms with E-state index in [1.54, 1.807) is 0 Å². The molecule has 14 heteroatoms. The lowest BCUT2D eigenvalue weighted by atomic mass is 10.2. The highest BCUT2D eigenvalue weighted by atomic mass is 19.4. The molecule has 144 valence electrons. The SMILES string of the molecule is CC[C@@H](C)OC(=O)[C@@](F)(OC(F)(F)C(F)(F)C(F)(F)F)C(F)(F)F. The molecule has 24 heavy (non-hydrogen) atoms. The highest BCUT2D eigenvalue weighted by Crippen LogP contribution is 2.51. The van der Waals surface area contributed by atoms with Crippen molar-refractivity contribution in [1.82, 2.24) is 0 Å². The Bertz CT molecular complexity index is 456. The molecule has 0 aromatic rings. The van der Waals surface area contributed by atoms with Gasteiger partial charge < -0.3 is 4.74 Å². The highest BCUT2D eigenvalue weighted by Gasteiger charge is 2.80. The molecule has 0 bridgehead atoms. The summed E-state index contributed by atoms with van der Waals surface area (Å²) in [4.78, 5) is 11.0. The standard InChI is InChI=1S/C10H9F11O3/c1-3-4(2)23-5(22)6(11,8(14,15)16)24-10(20,21)7(12,13)9(17,18)19/h4H,3H2,1-2H3/t4-,6-/m1/s1. The molecule has 0 rings (SSSR count). The van der Waals surface area contributed by atoms with Crippen LogP contribution in [0.25, 0.3) is 0 Å². The zero-order valence-corrected chi connectivity index (χ0v) is 11.7. The van der Waals surface area contributed by atoms with Gasteiger partial charge in [0.15, 0.2) is 0 Å². The van der Waals surface area contributed by atoms with Crippen LogP contribution in [0.3, 0.4) is 0 Å². The monoisotopic (exact) mass is 386 g/mol. The largest absolute Gasteiger partial charge is 0.462 e. The summed E-state index contributed by atoms with van der Waals surface area (Å²) in [5, 5.41) is 0. The maximum atomic E-state index is 13.6. The summed E-state index contributed by atoms with van der Waals surface area (Å²) in [7, 11) is 0. The smallest absolute Gasteiger partial charge is 0.458 e. The van der Waals surface area contributed by atoms with Crippen molar-refractivity contribution in [1.29, 1.82) is 0 Å². The number of rotatable bonds is 6. The van der Waals surface area contributed by atoms with Crippen molar-refractivity contribution < 1.29 is 62.6 Å². The Hall–Kier alpha value is -1.34. The molecule has 0 amide bonds. The van der Waals surface area contributed by atoms with Gasteiger partial charge >= 0.3 is 36.2 Å². The van der Waals surface area contributed by atoms with Crippen LogP contribution in [0.15, 0.2) is 0 Å². The number of hydrogen-bond acceptors (Lipinski definition) is 3. The lowest BCUT2D eigenvalue weighted by molar-refractivity contribution is -0.475. The minimum absolute atomic E-state index is 0.255. The predicted octanol–water partition coefficient (Wildman–Crippen LogP) is 4.36. The zero-order valence-electron chi connectivity index (χ0n) is 11.7. The van der Waals surface area contributed by atoms with Crippen LogP contribution >= 0.6 is 0 Å². The van der Waals surface area contributed by atoms with Gasteiger partial charge in [0.05, 0.1) is 6.10 Å². The lowest BCUT2D eigenvalue weighted by Gasteiger charge is -2.34. The summed E-state index contributed by atoms with van der Waals surface area (Å²) < 4.78 is 143. The Kier molecular flexibility index (Phi) is 6.15. The average Bonchev–Trinajstić information content (AvgIpc) is 2.34. The van der Waals surface area contributed by atoms with Crippen molar-refractivity contribution in [3.05, 3.63) is 0 Å². The summed E-state index contributed by atoms with van der Waals surface area (Å²) in [5.41, 5.74) is 0. The number of alkyl halides is 11. The lowest BCUT2D eigenvalue weighted by Crippen LogP contribution is -2.62. The second kappa shape index (κ2) is 6.52. The molecule has 0 heterocycles. The molecular weight excluding hydrogens is 377 g/mol. The molecule has 0 saturated heterocycles. The normalized spacial score (nSPS) is 18.0. The quantitative estimate of drug-likeness (QED) is 0.503. The van der Waals surface area contributed by atoms with Gasteiger partial charge in [0.1, 0.15) is 0 Å². The molecule has 0 N–H and O–H groups in total. The Balaban J connectivity index is 5.87. The van der Waals surface area contributed by atoms with Gasteiger partial charge in [-0.1, -0.05) is 6.92 Å². The first kappa shape index (κ1) is 22.7. The zero-order chi connectivity index (χ0) is 19.8. The molecule has 0 fully saturated rings. The van der Waals surface area contributed by atoms with Crippen molar-refractivity contribution in [2.75, 3.05) is 0 Å². The number of hydrogen-bond donors (Lipinski definition) is 0. The first-order valence-corrected chi connectivity index (χ1v) is 5.82. The maximum Gasteiger partial charge on any atom is 0.462 e. The molecule has 2 atom stereocenters. The van der Waals surface area contributed by atoms with Gasteiger partial charge in [-0.15, -0.1) is 0 Å². The maximum absolute atomic E-state index is 13.6. The van der Waals surface area contributed by atoms with Gasteiger partial charge in [0, 0.05) is 0 Å². The van der Waals surface area contributed by atoms with Crippen LogP contribution in [-0.4, -0.2) is 42.3 Å². The van der Waals surface area contributed by atoms with Crippen LogP contribution < -0.4 is 0 Å². The Morgan fingerprint density at radius 1 is 0.875 bits per heavy atom. The molecule has 0 radical (unpaired) electrons. The van der Waals surface area contributed by atoms with Crippen LogP contribution in [0.1, 0.15) is 20.3 Å². The number of ether oxygens (including phenoxy) is 2. The molecule has 0 saturated carbocycles. The van der Waals surface area contributed by atoms with Crippen LogP contribution in [0.2, 0.25) is 0 Å². The van der Waals surface area contributed by atoms with E-state index in [4.69, 9.17) is 0 Å². The third-order valence-corrected chi connectivity index (χ3v) is 2.50. The summed E-state index contributed by atoms with van der Waals surface area (Å²) in [6.45, 7) is 2.07. The highest BCUT2D eigenvalue weighted by molar-refractivity contribution is 5.79.